The molecule has 21 heteroatoms. The Morgan fingerprint density at radius 2 is 1.92 bits per heavy atom. The maximum atomic E-state index is 14.3. The molecule has 17 nitrogen and oxygen atoms in total. The highest BCUT2D eigenvalue weighted by Crippen LogP contribution is 2.50. The average molecular weight is 745 g/mol. The molecule has 4 heterocycles. The number of cyclic esters (lactones) is 1. The van der Waals surface area contributed by atoms with Crippen LogP contribution in [0.25, 0.3) is 11.2 Å². The lowest BCUT2D eigenvalue weighted by Crippen LogP contribution is -2.44. The highest BCUT2D eigenvalue weighted by atomic mass is 35.5. The molecule has 1 saturated heterocycles. The Kier molecular flexibility index (Phi) is 9.42. The number of benzene rings is 2. The van der Waals surface area contributed by atoms with E-state index in [-0.39, 0.29) is 29.3 Å². The first-order chi connectivity index (χ1) is 22.6. The van der Waals surface area contributed by atoms with Crippen LogP contribution in [0.3, 0.4) is 0 Å². The Morgan fingerprint density at radius 3 is 2.65 bits per heavy atom. The lowest BCUT2D eigenvalue weighted by atomic mass is 9.96. The molecule has 4 aromatic rings. The molecular formula is C27H28Cl2N7O10PS. The van der Waals surface area contributed by atoms with E-state index in [0.717, 1.165) is 12.6 Å². The van der Waals surface area contributed by atoms with Gasteiger partial charge in [-0.25, -0.2) is 32.7 Å². The molecule has 48 heavy (non-hydrogen) atoms. The van der Waals surface area contributed by atoms with Gasteiger partial charge in [0.05, 0.1) is 19.2 Å². The Bertz CT molecular complexity index is 2020. The monoisotopic (exact) mass is 743 g/mol. The number of sulfonamides is 1. The van der Waals surface area contributed by atoms with Crippen LogP contribution in [0.15, 0.2) is 55.1 Å². The smallest absolute Gasteiger partial charge is 0.459 e. The second kappa shape index (κ2) is 13.1. The molecule has 0 saturated carbocycles. The number of imidazole rings is 1. The topological polar surface area (TPSA) is 225 Å². The quantitative estimate of drug-likeness (QED) is 0.0846. The lowest BCUT2D eigenvalue weighted by Gasteiger charge is -2.30. The van der Waals surface area contributed by atoms with Gasteiger partial charge in [-0.15, -0.1) is 4.83 Å². The zero-order valence-corrected chi connectivity index (χ0v) is 28.2. The highest BCUT2D eigenvalue weighted by Gasteiger charge is 2.54. The van der Waals surface area contributed by atoms with Gasteiger partial charge in [0.2, 0.25) is 10.0 Å². The largest absolute Gasteiger partial charge is 0.459 e. The van der Waals surface area contributed by atoms with Gasteiger partial charge in [-0.3, -0.25) is 14.5 Å². The van der Waals surface area contributed by atoms with Gasteiger partial charge in [-0.2, -0.15) is 5.09 Å². The van der Waals surface area contributed by atoms with Crippen LogP contribution in [0.5, 0.6) is 5.75 Å². The summed E-state index contributed by atoms with van der Waals surface area (Å²) in [7, 11) is -8.16. The lowest BCUT2D eigenvalue weighted by molar-refractivity contribution is -0.149. The molecule has 256 valence electrons. The molecule has 0 bridgehead atoms. The zero-order valence-electron chi connectivity index (χ0n) is 25.0. The fourth-order valence-corrected chi connectivity index (χ4v) is 7.29. The number of aliphatic hydroxyl groups excluding tert-OH is 1. The first kappa shape index (κ1) is 34.4. The fourth-order valence-electron chi connectivity index (χ4n) is 5.16. The van der Waals surface area contributed by atoms with E-state index >= 15 is 0 Å². The summed E-state index contributed by atoms with van der Waals surface area (Å²) >= 11 is 12.3. The predicted octanol–water partition coefficient (Wildman–Crippen LogP) is 2.61. The molecule has 2 aromatic carbocycles. The second-order valence-corrected chi connectivity index (χ2v) is 15.3. The second-order valence-electron chi connectivity index (χ2n) is 11.1. The van der Waals surface area contributed by atoms with Crippen molar-refractivity contribution < 1.29 is 46.5 Å². The van der Waals surface area contributed by atoms with Crippen molar-refractivity contribution in [2.45, 2.75) is 43.6 Å². The van der Waals surface area contributed by atoms with E-state index in [0.29, 0.717) is 21.2 Å². The summed E-state index contributed by atoms with van der Waals surface area (Å²) in [6.45, 7) is 0.608. The molecule has 5 N–H and O–H groups in total. The van der Waals surface area contributed by atoms with Crippen LogP contribution in [0.4, 0.5) is 5.82 Å². The Hall–Kier alpha value is -3.42. The summed E-state index contributed by atoms with van der Waals surface area (Å²) in [4.78, 5) is 27.4. The van der Waals surface area contributed by atoms with Crippen LogP contribution in [-0.4, -0.2) is 74.8 Å². The SMILES string of the molecule is C[C@]1(O)C(n2cnc3c(NNS(C)(=O)=O)ncnc32)OC(COP(=O)(NC2C(=O)OCc3c(Cl)cccc32)Oc2ccc(Cl)cc2)[C@H]1O. The van der Waals surface area contributed by atoms with Crippen molar-refractivity contribution in [3.05, 3.63) is 76.3 Å². The van der Waals surface area contributed by atoms with Crippen LogP contribution >= 0.6 is 30.9 Å². The summed E-state index contributed by atoms with van der Waals surface area (Å²) in [5.74, 6) is -0.677. The third-order valence-corrected chi connectivity index (χ3v) is 10.1. The van der Waals surface area contributed by atoms with E-state index in [1.165, 1.54) is 42.1 Å². The number of nitrogens with zero attached hydrogens (tertiary/aromatic N) is 4. The van der Waals surface area contributed by atoms with Crippen molar-refractivity contribution in [1.29, 1.82) is 0 Å². The van der Waals surface area contributed by atoms with Gasteiger partial charge in [0, 0.05) is 15.6 Å². The van der Waals surface area contributed by atoms with Gasteiger partial charge in [0.25, 0.3) is 0 Å². The van der Waals surface area contributed by atoms with Crippen molar-refractivity contribution in [1.82, 2.24) is 29.4 Å². The zero-order chi connectivity index (χ0) is 34.4. The van der Waals surface area contributed by atoms with Gasteiger partial charge in [0.15, 0.2) is 23.2 Å². The Labute approximate surface area is 283 Å². The number of aliphatic hydroxyl groups is 2. The van der Waals surface area contributed by atoms with E-state index in [4.69, 9.17) is 41.7 Å². The van der Waals surface area contributed by atoms with Crippen LogP contribution in [0, 0.1) is 0 Å². The van der Waals surface area contributed by atoms with Gasteiger partial charge in [-0.1, -0.05) is 35.3 Å². The van der Waals surface area contributed by atoms with E-state index < -0.39 is 60.4 Å². The standard InChI is InChI=1S/C27H28Cl2N7O10PS/c1-27(39)22(37)19(45-26(27)36-13-32-21-23(30-12-31-24(21)36)33-35-48(2,41)42)11-44-47(40,46-15-8-6-14(28)7-9-15)34-20-16-4-3-5-18(29)17(16)10-43-25(20)38/h3-9,12-13,19-20,22,26,35,37,39H,10-11H2,1-2H3,(H,34,40)(H,30,31,33)/t19?,20?,22-,26?,27-,47?/m1/s1. The van der Waals surface area contributed by atoms with Crippen molar-refractivity contribution in [2.75, 3.05) is 18.3 Å². The molecule has 2 aromatic heterocycles. The summed E-state index contributed by atoms with van der Waals surface area (Å²) in [6.07, 6.45) is -0.914. The van der Waals surface area contributed by atoms with Gasteiger partial charge in [0.1, 0.15) is 42.5 Å². The van der Waals surface area contributed by atoms with Gasteiger partial charge in [-0.05, 0) is 42.8 Å². The van der Waals surface area contributed by atoms with Crippen LogP contribution < -0.4 is 19.9 Å². The van der Waals surface area contributed by atoms with Crippen molar-refractivity contribution >= 4 is 63.9 Å². The minimum absolute atomic E-state index is 0.0118. The summed E-state index contributed by atoms with van der Waals surface area (Å²) < 4.78 is 61.6. The number of ether oxygens (including phenoxy) is 2. The molecule has 0 amide bonds. The van der Waals surface area contributed by atoms with Crippen LogP contribution in [0.2, 0.25) is 10.0 Å². The Balaban J connectivity index is 1.26. The minimum Gasteiger partial charge on any atom is -0.459 e. The number of hydrogen-bond acceptors (Lipinski definition) is 14. The average Bonchev–Trinajstić information content (AvgIpc) is 3.55. The number of carbonyl (C=O) groups excluding carboxylic acids is 1. The molecule has 6 rings (SSSR count). The number of carbonyl (C=O) groups is 1. The number of hydrazine groups is 1. The normalized spacial score (nSPS) is 25.3. The van der Waals surface area contributed by atoms with E-state index in [1.54, 1.807) is 18.2 Å². The molecule has 0 radical (unpaired) electrons. The molecule has 0 aliphatic carbocycles. The van der Waals surface area contributed by atoms with E-state index in [9.17, 15) is 28.0 Å². The molecular weight excluding hydrogens is 716 g/mol. The van der Waals surface area contributed by atoms with Crippen molar-refractivity contribution in [3.63, 3.8) is 0 Å². The van der Waals surface area contributed by atoms with Crippen molar-refractivity contribution in [3.8, 4) is 5.75 Å². The molecule has 0 spiro atoms. The maximum absolute atomic E-state index is 14.3. The fraction of sp³-hybridized carbons (Fsp3) is 0.333. The third kappa shape index (κ3) is 7.00. The number of fused-ring (bicyclic) bond motifs is 2. The molecule has 2 aliphatic rings. The Morgan fingerprint density at radius 1 is 1.17 bits per heavy atom. The third-order valence-electron chi connectivity index (χ3n) is 7.52. The number of aromatic nitrogens is 4. The summed E-state index contributed by atoms with van der Waals surface area (Å²) in [6, 6.07) is 9.41. The number of nitrogens with one attached hydrogen (secondary N) is 3. The maximum Gasteiger partial charge on any atom is 0.459 e. The summed E-state index contributed by atoms with van der Waals surface area (Å²) in [5, 5.41) is 25.9. The number of rotatable bonds is 11. The number of anilines is 1. The highest BCUT2D eigenvalue weighted by molar-refractivity contribution is 7.88. The molecule has 4 unspecified atom stereocenters. The first-order valence-electron chi connectivity index (χ1n) is 14.0. The number of esters is 1. The van der Waals surface area contributed by atoms with Gasteiger partial charge >= 0.3 is 13.7 Å². The van der Waals surface area contributed by atoms with Gasteiger partial charge < -0.3 is 24.2 Å². The van der Waals surface area contributed by atoms with E-state index in [2.05, 4.69) is 30.3 Å². The van der Waals surface area contributed by atoms with E-state index in [1.807, 2.05) is 0 Å². The number of hydrogen-bond donors (Lipinski definition) is 5. The van der Waals surface area contributed by atoms with Crippen LogP contribution in [-0.2, 0) is 40.0 Å². The molecule has 1 fully saturated rings. The number of halogens is 2. The van der Waals surface area contributed by atoms with Crippen LogP contribution in [0.1, 0.15) is 30.3 Å². The first-order valence-corrected chi connectivity index (χ1v) is 18.2. The summed E-state index contributed by atoms with van der Waals surface area (Å²) in [5.41, 5.74) is 1.60. The molecule has 6 atom stereocenters. The molecule has 2 aliphatic heterocycles. The minimum atomic E-state index is -4.51. The predicted molar refractivity (Wildman–Crippen MR) is 170 cm³/mol. The van der Waals surface area contributed by atoms with Crippen molar-refractivity contribution in [2.24, 2.45) is 0 Å².